The van der Waals surface area contributed by atoms with Crippen molar-refractivity contribution in [2.45, 2.75) is 19.8 Å². The van der Waals surface area contributed by atoms with E-state index in [4.69, 9.17) is 0 Å². The predicted octanol–water partition coefficient (Wildman–Crippen LogP) is 2.29. The van der Waals surface area contributed by atoms with E-state index < -0.39 is 0 Å². The Morgan fingerprint density at radius 1 is 1.42 bits per heavy atom. The van der Waals surface area contributed by atoms with Crippen molar-refractivity contribution in [3.63, 3.8) is 0 Å². The predicted molar refractivity (Wildman–Crippen MR) is 53.9 cm³/mol. The molecule has 2 atom stereocenters. The van der Waals surface area contributed by atoms with Crippen molar-refractivity contribution in [1.29, 1.82) is 0 Å². The number of hydrogen-bond donors (Lipinski definition) is 0. The van der Waals surface area contributed by atoms with Crippen LogP contribution < -0.4 is 0 Å². The summed E-state index contributed by atoms with van der Waals surface area (Å²) in [5.41, 5.74) is 1.47. The van der Waals surface area contributed by atoms with Crippen LogP contribution in [0.4, 0.5) is 0 Å². The van der Waals surface area contributed by atoms with Crippen molar-refractivity contribution in [2.24, 2.45) is 11.8 Å². The first kappa shape index (κ1) is 9.79. The van der Waals surface area contributed by atoms with E-state index in [0.29, 0.717) is 0 Å². The molecule has 70 valence electrons. The fourth-order valence-electron chi connectivity index (χ4n) is 2.24. The van der Waals surface area contributed by atoms with Gasteiger partial charge < -0.3 is 4.48 Å². The second-order valence-corrected chi connectivity index (χ2v) is 5.34. The van der Waals surface area contributed by atoms with Gasteiger partial charge in [0.2, 0.25) is 0 Å². The minimum atomic E-state index is 0.765. The lowest BCUT2D eigenvalue weighted by atomic mass is 10.1. The Balaban J connectivity index is 2.43. The van der Waals surface area contributed by atoms with Crippen LogP contribution in [0.5, 0.6) is 0 Å². The van der Waals surface area contributed by atoms with Crippen molar-refractivity contribution in [3.05, 3.63) is 12.2 Å². The Labute approximate surface area is 76.7 Å². The summed E-state index contributed by atoms with van der Waals surface area (Å²) >= 11 is 0. The first-order valence-corrected chi connectivity index (χ1v) is 4.86. The molecule has 1 rings (SSSR count). The van der Waals surface area contributed by atoms with Gasteiger partial charge in [0.05, 0.1) is 27.7 Å². The quantitative estimate of drug-likeness (QED) is 0.438. The van der Waals surface area contributed by atoms with E-state index in [-0.39, 0.29) is 0 Å². The van der Waals surface area contributed by atoms with Crippen LogP contribution in [0.3, 0.4) is 0 Å². The van der Waals surface area contributed by atoms with Crippen LogP contribution in [-0.4, -0.2) is 32.2 Å². The van der Waals surface area contributed by atoms with Crippen LogP contribution in [0.2, 0.25) is 0 Å². The molecule has 0 aromatic rings. The molecule has 0 aliphatic heterocycles. The van der Waals surface area contributed by atoms with Gasteiger partial charge >= 0.3 is 0 Å². The zero-order valence-electron chi connectivity index (χ0n) is 8.93. The fraction of sp³-hybridized carbons (Fsp3) is 0.818. The molecule has 0 bridgehead atoms. The molecule has 0 unspecified atom stereocenters. The molecule has 0 aromatic carbocycles. The van der Waals surface area contributed by atoms with Gasteiger partial charge in [-0.2, -0.15) is 0 Å². The standard InChI is InChI=1S/C11H22N/c1-9-6-11(7-10(9)2)8-12(3,4)5/h10-11H,1,6-8H2,2-5H3/q+1/t10-,11-/m0/s1. The third-order valence-corrected chi connectivity index (χ3v) is 2.74. The number of rotatable bonds is 2. The highest BCUT2D eigenvalue weighted by molar-refractivity contribution is 5.06. The van der Waals surface area contributed by atoms with Crippen molar-refractivity contribution in [2.75, 3.05) is 27.7 Å². The van der Waals surface area contributed by atoms with Gasteiger partial charge in [0, 0.05) is 5.92 Å². The Kier molecular flexibility index (Phi) is 2.62. The first-order valence-electron chi connectivity index (χ1n) is 4.86. The van der Waals surface area contributed by atoms with E-state index in [9.17, 15) is 0 Å². The van der Waals surface area contributed by atoms with Crippen molar-refractivity contribution in [3.8, 4) is 0 Å². The third-order valence-electron chi connectivity index (χ3n) is 2.74. The molecule has 1 fully saturated rings. The van der Waals surface area contributed by atoms with Gasteiger partial charge in [-0.3, -0.25) is 0 Å². The zero-order valence-corrected chi connectivity index (χ0v) is 8.93. The molecule has 1 heteroatoms. The smallest absolute Gasteiger partial charge is 0.0812 e. The van der Waals surface area contributed by atoms with Gasteiger partial charge in [-0.25, -0.2) is 0 Å². The molecule has 0 heterocycles. The number of quaternary nitrogens is 1. The topological polar surface area (TPSA) is 0 Å². The summed E-state index contributed by atoms with van der Waals surface area (Å²) in [5, 5.41) is 0. The minimum Gasteiger partial charge on any atom is -0.331 e. The lowest BCUT2D eigenvalue weighted by Crippen LogP contribution is -2.38. The highest BCUT2D eigenvalue weighted by Crippen LogP contribution is 2.34. The molecule has 1 aliphatic carbocycles. The van der Waals surface area contributed by atoms with Crippen LogP contribution in [0.15, 0.2) is 12.2 Å². The monoisotopic (exact) mass is 168 g/mol. The highest BCUT2D eigenvalue weighted by Gasteiger charge is 2.28. The molecule has 1 saturated carbocycles. The number of hydrogen-bond acceptors (Lipinski definition) is 0. The summed E-state index contributed by atoms with van der Waals surface area (Å²) in [7, 11) is 6.81. The average molecular weight is 168 g/mol. The number of nitrogens with zero attached hydrogens (tertiary/aromatic N) is 1. The third kappa shape index (κ3) is 2.63. The Morgan fingerprint density at radius 2 is 2.00 bits per heavy atom. The molecule has 0 amide bonds. The van der Waals surface area contributed by atoms with Gasteiger partial charge in [0.25, 0.3) is 0 Å². The normalized spacial score (nSPS) is 31.2. The fourth-order valence-corrected chi connectivity index (χ4v) is 2.24. The second kappa shape index (κ2) is 3.21. The Bertz CT molecular complexity index is 176. The van der Waals surface area contributed by atoms with Gasteiger partial charge in [0.1, 0.15) is 0 Å². The molecule has 0 aromatic heterocycles. The SMILES string of the molecule is C=C1C[C@H](C[N+](C)(C)C)C[C@@H]1C. The lowest BCUT2D eigenvalue weighted by molar-refractivity contribution is -0.873. The molecular weight excluding hydrogens is 146 g/mol. The highest BCUT2D eigenvalue weighted by atomic mass is 15.3. The molecule has 0 saturated heterocycles. The van der Waals surface area contributed by atoms with Gasteiger partial charge in [-0.15, -0.1) is 0 Å². The van der Waals surface area contributed by atoms with Crippen LogP contribution in [0.25, 0.3) is 0 Å². The van der Waals surface area contributed by atoms with E-state index in [2.05, 4.69) is 34.6 Å². The first-order chi connectivity index (χ1) is 5.38. The van der Waals surface area contributed by atoms with E-state index in [1.807, 2.05) is 0 Å². The van der Waals surface area contributed by atoms with Gasteiger partial charge in [-0.1, -0.05) is 19.1 Å². The molecule has 0 radical (unpaired) electrons. The summed E-state index contributed by atoms with van der Waals surface area (Å²) in [6.07, 6.45) is 2.62. The van der Waals surface area contributed by atoms with Gasteiger partial charge in [-0.05, 0) is 18.8 Å². The lowest BCUT2D eigenvalue weighted by Gasteiger charge is -2.27. The van der Waals surface area contributed by atoms with E-state index in [0.717, 1.165) is 16.3 Å². The molecule has 0 spiro atoms. The van der Waals surface area contributed by atoms with Crippen molar-refractivity contribution in [1.82, 2.24) is 0 Å². The molecule has 0 N–H and O–H groups in total. The number of allylic oxidation sites excluding steroid dienone is 1. The maximum absolute atomic E-state index is 4.11. The molecule has 12 heavy (non-hydrogen) atoms. The average Bonchev–Trinajstić information content (AvgIpc) is 2.07. The van der Waals surface area contributed by atoms with Crippen LogP contribution in [0.1, 0.15) is 19.8 Å². The summed E-state index contributed by atoms with van der Waals surface area (Å²) in [5.74, 6) is 1.65. The summed E-state index contributed by atoms with van der Waals surface area (Å²) < 4.78 is 1.09. The van der Waals surface area contributed by atoms with Gasteiger partial charge in [0.15, 0.2) is 0 Å². The Hall–Kier alpha value is -0.300. The summed E-state index contributed by atoms with van der Waals surface area (Å²) in [6.45, 7) is 7.71. The van der Waals surface area contributed by atoms with E-state index in [1.54, 1.807) is 0 Å². The minimum absolute atomic E-state index is 0.765. The second-order valence-electron chi connectivity index (χ2n) is 5.34. The maximum Gasteiger partial charge on any atom is 0.0812 e. The molecule has 1 nitrogen and oxygen atoms in total. The summed E-state index contributed by atoms with van der Waals surface area (Å²) in [6, 6.07) is 0. The van der Waals surface area contributed by atoms with E-state index in [1.165, 1.54) is 25.0 Å². The van der Waals surface area contributed by atoms with Crippen LogP contribution in [-0.2, 0) is 0 Å². The van der Waals surface area contributed by atoms with Crippen LogP contribution >= 0.6 is 0 Å². The maximum atomic E-state index is 4.11. The van der Waals surface area contributed by atoms with Crippen molar-refractivity contribution < 1.29 is 4.48 Å². The van der Waals surface area contributed by atoms with Crippen LogP contribution in [0, 0.1) is 11.8 Å². The molecular formula is C11H22N+. The molecule has 1 aliphatic rings. The van der Waals surface area contributed by atoms with Crippen molar-refractivity contribution >= 4 is 0 Å². The zero-order chi connectivity index (χ0) is 9.35. The van der Waals surface area contributed by atoms with E-state index >= 15 is 0 Å². The Morgan fingerprint density at radius 3 is 2.33 bits per heavy atom. The largest absolute Gasteiger partial charge is 0.331 e. The summed E-state index contributed by atoms with van der Waals surface area (Å²) in [4.78, 5) is 0.